The Bertz CT molecular complexity index is 1120. The van der Waals surface area contributed by atoms with Crippen LogP contribution in [0.5, 0.6) is 0 Å². The van der Waals surface area contributed by atoms with Gasteiger partial charge in [0.05, 0.1) is 22.4 Å². The third-order valence-electron chi connectivity index (χ3n) is 5.31. The molecule has 0 spiro atoms. The number of aromatic amines is 1. The van der Waals surface area contributed by atoms with Crippen LogP contribution in [0.25, 0.3) is 23.2 Å². The number of carbonyl (C=O) groups is 2. The van der Waals surface area contributed by atoms with E-state index >= 15 is 0 Å². The zero-order valence-corrected chi connectivity index (χ0v) is 18.1. The van der Waals surface area contributed by atoms with Gasteiger partial charge in [0.1, 0.15) is 5.82 Å². The molecule has 3 aromatic rings. The normalized spacial score (nSPS) is 14.7. The van der Waals surface area contributed by atoms with Crippen molar-refractivity contribution >= 4 is 47.4 Å². The smallest absolute Gasteiger partial charge is 0.267 e. The van der Waals surface area contributed by atoms with E-state index in [9.17, 15) is 9.59 Å². The number of halogens is 1. The Balaban J connectivity index is 0.00000289. The van der Waals surface area contributed by atoms with Crippen molar-refractivity contribution in [1.29, 1.82) is 0 Å². The van der Waals surface area contributed by atoms with Gasteiger partial charge in [-0.2, -0.15) is 0 Å². The molecule has 166 valence electrons. The SMILES string of the molecule is Cl.O=C(C=Cc1cccc(C=CC(=O)N2CCC(c3nc4ccccc4[nH]3)CC2)n1)NO. The molecule has 4 rings (SSSR count). The lowest BCUT2D eigenvalue weighted by molar-refractivity contribution is -0.127. The highest BCUT2D eigenvalue weighted by Gasteiger charge is 2.24. The van der Waals surface area contributed by atoms with E-state index in [1.165, 1.54) is 23.7 Å². The number of hydrogen-bond donors (Lipinski definition) is 3. The van der Waals surface area contributed by atoms with Gasteiger partial charge in [0.2, 0.25) is 5.91 Å². The van der Waals surface area contributed by atoms with Gasteiger partial charge < -0.3 is 9.88 Å². The van der Waals surface area contributed by atoms with Gasteiger partial charge in [0.15, 0.2) is 0 Å². The second kappa shape index (κ2) is 10.7. The molecular formula is C23H24ClN5O3. The minimum Gasteiger partial charge on any atom is -0.342 e. The van der Waals surface area contributed by atoms with Crippen LogP contribution < -0.4 is 5.48 Å². The number of fused-ring (bicyclic) bond motifs is 1. The average molecular weight is 454 g/mol. The van der Waals surface area contributed by atoms with Gasteiger partial charge in [-0.3, -0.25) is 14.8 Å². The van der Waals surface area contributed by atoms with Crippen molar-refractivity contribution < 1.29 is 14.8 Å². The Hall–Kier alpha value is -3.49. The highest BCUT2D eigenvalue weighted by Crippen LogP contribution is 2.27. The van der Waals surface area contributed by atoms with Crippen molar-refractivity contribution in [3.63, 3.8) is 0 Å². The van der Waals surface area contributed by atoms with Gasteiger partial charge in [0.25, 0.3) is 5.91 Å². The topological polar surface area (TPSA) is 111 Å². The van der Waals surface area contributed by atoms with Gasteiger partial charge in [-0.1, -0.05) is 18.2 Å². The number of imidazole rings is 1. The molecule has 1 aliphatic rings. The third-order valence-corrected chi connectivity index (χ3v) is 5.31. The third kappa shape index (κ3) is 5.60. The number of para-hydroxylation sites is 2. The van der Waals surface area contributed by atoms with Crippen molar-refractivity contribution in [2.24, 2.45) is 0 Å². The fourth-order valence-electron chi connectivity index (χ4n) is 3.65. The van der Waals surface area contributed by atoms with E-state index in [1.807, 2.05) is 29.2 Å². The van der Waals surface area contributed by atoms with Gasteiger partial charge in [-0.25, -0.2) is 15.4 Å². The molecule has 0 aliphatic carbocycles. The summed E-state index contributed by atoms with van der Waals surface area (Å²) in [4.78, 5) is 37.9. The molecule has 2 aromatic heterocycles. The first-order chi connectivity index (χ1) is 15.1. The number of H-pyrrole nitrogens is 1. The molecule has 1 aliphatic heterocycles. The summed E-state index contributed by atoms with van der Waals surface area (Å²) in [5.41, 5.74) is 4.69. The molecule has 0 saturated carbocycles. The molecule has 2 amide bonds. The van der Waals surface area contributed by atoms with Crippen LogP contribution in [-0.2, 0) is 9.59 Å². The lowest BCUT2D eigenvalue weighted by atomic mass is 9.96. The predicted octanol–water partition coefficient (Wildman–Crippen LogP) is 3.32. The van der Waals surface area contributed by atoms with Crippen molar-refractivity contribution in [2.75, 3.05) is 13.1 Å². The van der Waals surface area contributed by atoms with E-state index in [2.05, 4.69) is 9.97 Å². The summed E-state index contributed by atoms with van der Waals surface area (Å²) in [6, 6.07) is 13.3. The number of aromatic nitrogens is 3. The van der Waals surface area contributed by atoms with Crippen molar-refractivity contribution in [2.45, 2.75) is 18.8 Å². The van der Waals surface area contributed by atoms with Gasteiger partial charge in [-0.05, 0) is 49.3 Å². The first kappa shape index (κ1) is 23.2. The zero-order valence-electron chi connectivity index (χ0n) is 17.3. The second-order valence-electron chi connectivity index (χ2n) is 7.37. The van der Waals surface area contributed by atoms with Crippen LogP contribution in [0.3, 0.4) is 0 Å². The lowest BCUT2D eigenvalue weighted by Crippen LogP contribution is -2.37. The lowest BCUT2D eigenvalue weighted by Gasteiger charge is -2.30. The highest BCUT2D eigenvalue weighted by molar-refractivity contribution is 5.92. The molecule has 3 N–H and O–H groups in total. The summed E-state index contributed by atoms with van der Waals surface area (Å²) in [5, 5.41) is 8.52. The summed E-state index contributed by atoms with van der Waals surface area (Å²) in [5.74, 6) is 0.629. The number of nitrogens with one attached hydrogen (secondary N) is 2. The number of piperidine rings is 1. The van der Waals surface area contributed by atoms with E-state index in [0.717, 1.165) is 29.7 Å². The molecule has 0 unspecified atom stereocenters. The minimum atomic E-state index is -0.635. The maximum absolute atomic E-state index is 12.6. The quantitative estimate of drug-likeness (QED) is 0.312. The van der Waals surface area contributed by atoms with E-state index in [0.29, 0.717) is 30.4 Å². The Morgan fingerprint density at radius 1 is 1.00 bits per heavy atom. The molecule has 1 fully saturated rings. The molecule has 0 bridgehead atoms. The number of hydroxylamine groups is 1. The Morgan fingerprint density at radius 3 is 2.38 bits per heavy atom. The summed E-state index contributed by atoms with van der Waals surface area (Å²) in [7, 11) is 0. The number of carbonyl (C=O) groups excluding carboxylic acids is 2. The number of hydrogen-bond acceptors (Lipinski definition) is 5. The van der Waals surface area contributed by atoms with E-state index in [4.69, 9.17) is 10.2 Å². The van der Waals surface area contributed by atoms with E-state index in [-0.39, 0.29) is 18.3 Å². The van der Waals surface area contributed by atoms with E-state index < -0.39 is 5.91 Å². The van der Waals surface area contributed by atoms with Crippen molar-refractivity contribution in [3.05, 3.63) is 71.8 Å². The zero-order chi connectivity index (χ0) is 21.6. The minimum absolute atomic E-state index is 0. The summed E-state index contributed by atoms with van der Waals surface area (Å²) >= 11 is 0. The average Bonchev–Trinajstić information content (AvgIpc) is 3.26. The first-order valence-electron chi connectivity index (χ1n) is 10.1. The van der Waals surface area contributed by atoms with Crippen LogP contribution >= 0.6 is 12.4 Å². The number of benzene rings is 1. The largest absolute Gasteiger partial charge is 0.342 e. The van der Waals surface area contributed by atoms with Gasteiger partial charge in [-0.15, -0.1) is 12.4 Å². The van der Waals surface area contributed by atoms with Crippen molar-refractivity contribution in [3.8, 4) is 0 Å². The van der Waals surface area contributed by atoms with Crippen LogP contribution in [0.1, 0.15) is 36.0 Å². The highest BCUT2D eigenvalue weighted by atomic mass is 35.5. The predicted molar refractivity (Wildman–Crippen MR) is 124 cm³/mol. The van der Waals surface area contributed by atoms with Crippen LogP contribution in [0.15, 0.2) is 54.6 Å². The van der Waals surface area contributed by atoms with Crippen LogP contribution in [0.4, 0.5) is 0 Å². The molecule has 0 atom stereocenters. The maximum atomic E-state index is 12.6. The Kier molecular flexibility index (Phi) is 7.75. The number of amides is 2. The molecular weight excluding hydrogens is 430 g/mol. The van der Waals surface area contributed by atoms with Crippen LogP contribution in [0, 0.1) is 0 Å². The molecule has 1 aromatic carbocycles. The van der Waals surface area contributed by atoms with Crippen LogP contribution in [-0.4, -0.2) is 50.0 Å². The monoisotopic (exact) mass is 453 g/mol. The number of likely N-dealkylation sites (tertiary alicyclic amines) is 1. The number of nitrogens with zero attached hydrogens (tertiary/aromatic N) is 3. The molecule has 32 heavy (non-hydrogen) atoms. The molecule has 0 radical (unpaired) electrons. The second-order valence-corrected chi connectivity index (χ2v) is 7.37. The van der Waals surface area contributed by atoms with Crippen LogP contribution in [0.2, 0.25) is 0 Å². The Morgan fingerprint density at radius 2 is 1.69 bits per heavy atom. The van der Waals surface area contributed by atoms with Crippen molar-refractivity contribution in [1.82, 2.24) is 25.3 Å². The van der Waals surface area contributed by atoms with Gasteiger partial charge in [0, 0.05) is 31.2 Å². The van der Waals surface area contributed by atoms with E-state index in [1.54, 1.807) is 24.3 Å². The number of rotatable bonds is 5. The summed E-state index contributed by atoms with van der Waals surface area (Å²) in [6.07, 6.45) is 7.57. The molecule has 3 heterocycles. The molecule has 1 saturated heterocycles. The van der Waals surface area contributed by atoms with Gasteiger partial charge >= 0.3 is 0 Å². The summed E-state index contributed by atoms with van der Waals surface area (Å²) < 4.78 is 0. The maximum Gasteiger partial charge on any atom is 0.267 e. The number of pyridine rings is 1. The molecule has 8 nitrogen and oxygen atoms in total. The Labute approximate surface area is 191 Å². The summed E-state index contributed by atoms with van der Waals surface area (Å²) in [6.45, 7) is 1.36. The fraction of sp³-hybridized carbons (Fsp3) is 0.217. The fourth-order valence-corrected chi connectivity index (χ4v) is 3.65. The first-order valence-corrected chi connectivity index (χ1v) is 10.1. The molecule has 9 heteroatoms. The standard InChI is InChI=1S/C23H23N5O3.ClH/c29-21(27-31)10-8-17-4-3-5-18(24-17)9-11-22(30)28-14-12-16(13-15-28)23-25-19-6-1-2-7-20(19)26-23;/h1-11,16,31H,12-15H2,(H,25,26)(H,27,29);1H.